The van der Waals surface area contributed by atoms with Gasteiger partial charge >= 0.3 is 5.97 Å². The Morgan fingerprint density at radius 1 is 1.16 bits per heavy atom. The average Bonchev–Trinajstić information content (AvgIpc) is 2.33. The molecule has 0 saturated carbocycles. The molecule has 0 aliphatic carbocycles. The summed E-state index contributed by atoms with van der Waals surface area (Å²) in [6.45, 7) is 0. The summed E-state index contributed by atoms with van der Waals surface area (Å²) in [6, 6.07) is 5.01. The molecule has 0 radical (unpaired) electrons. The van der Waals surface area contributed by atoms with E-state index in [1.807, 2.05) is 0 Å². The van der Waals surface area contributed by atoms with E-state index in [1.165, 1.54) is 18.2 Å². The van der Waals surface area contributed by atoms with Crippen LogP contribution in [0.5, 0.6) is 5.75 Å². The van der Waals surface area contributed by atoms with E-state index in [2.05, 4.69) is 4.98 Å². The molecule has 7 heteroatoms. The van der Waals surface area contributed by atoms with Crippen LogP contribution in [0.2, 0.25) is 15.1 Å². The lowest BCUT2D eigenvalue weighted by molar-refractivity contribution is 0.0734. The van der Waals surface area contributed by atoms with E-state index in [4.69, 9.17) is 39.5 Å². The number of esters is 1. The van der Waals surface area contributed by atoms with Gasteiger partial charge in [0.15, 0.2) is 5.75 Å². The number of pyridine rings is 1. The summed E-state index contributed by atoms with van der Waals surface area (Å²) in [5.41, 5.74) is -0.00502. The third-order valence-electron chi connectivity index (χ3n) is 2.12. The van der Waals surface area contributed by atoms with E-state index >= 15 is 0 Å². The maximum absolute atomic E-state index is 12.9. The highest BCUT2D eigenvalue weighted by Gasteiger charge is 2.15. The van der Waals surface area contributed by atoms with Crippen LogP contribution in [0.25, 0.3) is 0 Å². The van der Waals surface area contributed by atoms with Gasteiger partial charge in [-0.05, 0) is 18.2 Å². The van der Waals surface area contributed by atoms with Crippen LogP contribution in [0.1, 0.15) is 10.4 Å². The molecule has 1 aromatic heterocycles. The number of carbonyl (C=O) groups is 1. The first kappa shape index (κ1) is 14.1. The highest BCUT2D eigenvalue weighted by molar-refractivity contribution is 6.40. The van der Waals surface area contributed by atoms with Crippen LogP contribution in [0, 0.1) is 5.95 Å². The first-order chi connectivity index (χ1) is 8.97. The van der Waals surface area contributed by atoms with E-state index < -0.39 is 11.9 Å². The molecule has 0 fully saturated rings. The van der Waals surface area contributed by atoms with Crippen molar-refractivity contribution >= 4 is 40.8 Å². The zero-order valence-electron chi connectivity index (χ0n) is 9.16. The van der Waals surface area contributed by atoms with Crippen LogP contribution >= 0.6 is 34.8 Å². The standard InChI is InChI=1S/C12H5Cl3FNO2/c13-7-4-8(14)11(9(15)5-7)19-12(18)6-1-2-17-10(16)3-6/h1-5H. The smallest absolute Gasteiger partial charge is 0.343 e. The molecule has 0 aliphatic heterocycles. The van der Waals surface area contributed by atoms with E-state index in [-0.39, 0.29) is 21.4 Å². The van der Waals surface area contributed by atoms with E-state index in [9.17, 15) is 9.18 Å². The monoisotopic (exact) mass is 319 g/mol. The molecule has 2 aromatic rings. The molecule has 1 heterocycles. The highest BCUT2D eigenvalue weighted by Crippen LogP contribution is 2.36. The van der Waals surface area contributed by atoms with E-state index in [1.54, 1.807) is 0 Å². The van der Waals surface area contributed by atoms with Crippen LogP contribution < -0.4 is 4.74 Å². The summed E-state index contributed by atoms with van der Waals surface area (Å²) in [4.78, 5) is 15.1. The van der Waals surface area contributed by atoms with Crippen molar-refractivity contribution < 1.29 is 13.9 Å². The van der Waals surface area contributed by atoms with Gasteiger partial charge in [-0.1, -0.05) is 34.8 Å². The van der Waals surface area contributed by atoms with Gasteiger partial charge in [-0.15, -0.1) is 0 Å². The van der Waals surface area contributed by atoms with Crippen molar-refractivity contribution in [1.29, 1.82) is 0 Å². The Labute approximate surface area is 122 Å². The number of aromatic nitrogens is 1. The number of ether oxygens (including phenoxy) is 1. The molecule has 0 spiro atoms. The molecule has 98 valence electrons. The number of halogens is 4. The molecular formula is C12H5Cl3FNO2. The predicted molar refractivity (Wildman–Crippen MR) is 70.6 cm³/mol. The van der Waals surface area contributed by atoms with Gasteiger partial charge in [-0.3, -0.25) is 0 Å². The molecular weight excluding hydrogens is 315 g/mol. The molecule has 0 amide bonds. The van der Waals surface area contributed by atoms with Gasteiger partial charge in [-0.2, -0.15) is 4.39 Å². The fourth-order valence-corrected chi connectivity index (χ4v) is 2.20. The Bertz CT molecular complexity index is 626. The van der Waals surface area contributed by atoms with Crippen molar-refractivity contribution in [3.05, 3.63) is 57.0 Å². The maximum atomic E-state index is 12.9. The first-order valence-electron chi connectivity index (χ1n) is 4.95. The van der Waals surface area contributed by atoms with Gasteiger partial charge in [0.05, 0.1) is 15.6 Å². The lowest BCUT2D eigenvalue weighted by atomic mass is 10.2. The zero-order valence-corrected chi connectivity index (χ0v) is 11.4. The zero-order chi connectivity index (χ0) is 14.0. The van der Waals surface area contributed by atoms with Gasteiger partial charge in [0.25, 0.3) is 0 Å². The topological polar surface area (TPSA) is 39.2 Å². The van der Waals surface area contributed by atoms with E-state index in [0.717, 1.165) is 12.3 Å². The van der Waals surface area contributed by atoms with Gasteiger partial charge in [0, 0.05) is 17.3 Å². The summed E-state index contributed by atoms with van der Waals surface area (Å²) >= 11 is 17.5. The second-order valence-electron chi connectivity index (χ2n) is 3.46. The van der Waals surface area contributed by atoms with Crippen molar-refractivity contribution in [2.24, 2.45) is 0 Å². The van der Waals surface area contributed by atoms with Crippen LogP contribution in [-0.2, 0) is 0 Å². The van der Waals surface area contributed by atoms with E-state index in [0.29, 0.717) is 5.02 Å². The minimum Gasteiger partial charge on any atom is -0.420 e. The van der Waals surface area contributed by atoms with Gasteiger partial charge in [0.2, 0.25) is 5.95 Å². The first-order valence-corrected chi connectivity index (χ1v) is 6.09. The minimum atomic E-state index is -0.799. The Kier molecular flexibility index (Phi) is 4.24. The SMILES string of the molecule is O=C(Oc1c(Cl)cc(Cl)cc1Cl)c1ccnc(F)c1. The summed E-state index contributed by atoms with van der Waals surface area (Å²) < 4.78 is 17.9. The lowest BCUT2D eigenvalue weighted by Crippen LogP contribution is -2.09. The van der Waals surface area contributed by atoms with Gasteiger partial charge in [0.1, 0.15) is 0 Å². The summed E-state index contributed by atoms with van der Waals surface area (Å²) in [5.74, 6) is -1.62. The van der Waals surface area contributed by atoms with Gasteiger partial charge < -0.3 is 4.74 Å². The quantitative estimate of drug-likeness (QED) is 0.468. The number of hydrogen-bond donors (Lipinski definition) is 0. The summed E-state index contributed by atoms with van der Waals surface area (Å²) in [6.07, 6.45) is 1.15. The average molecular weight is 321 g/mol. The van der Waals surface area contributed by atoms with Gasteiger partial charge in [-0.25, -0.2) is 9.78 Å². The Balaban J connectivity index is 2.29. The molecule has 2 rings (SSSR count). The minimum absolute atomic E-state index is 0.00502. The number of nitrogens with zero attached hydrogens (tertiary/aromatic N) is 1. The van der Waals surface area contributed by atoms with Crippen molar-refractivity contribution in [2.75, 3.05) is 0 Å². The van der Waals surface area contributed by atoms with Crippen molar-refractivity contribution in [3.8, 4) is 5.75 Å². The third-order valence-corrected chi connectivity index (χ3v) is 2.90. The molecule has 19 heavy (non-hydrogen) atoms. The Morgan fingerprint density at radius 3 is 2.37 bits per heavy atom. The van der Waals surface area contributed by atoms with Crippen LogP contribution in [0.4, 0.5) is 4.39 Å². The third kappa shape index (κ3) is 3.35. The number of carbonyl (C=O) groups excluding carboxylic acids is 1. The number of rotatable bonds is 2. The van der Waals surface area contributed by atoms with Crippen LogP contribution in [0.3, 0.4) is 0 Å². The molecule has 0 aliphatic rings. The van der Waals surface area contributed by atoms with Crippen LogP contribution in [-0.4, -0.2) is 11.0 Å². The van der Waals surface area contributed by atoms with Crippen molar-refractivity contribution in [2.45, 2.75) is 0 Å². The lowest BCUT2D eigenvalue weighted by Gasteiger charge is -2.08. The van der Waals surface area contributed by atoms with Crippen molar-refractivity contribution in [3.63, 3.8) is 0 Å². The van der Waals surface area contributed by atoms with Crippen molar-refractivity contribution in [1.82, 2.24) is 4.98 Å². The molecule has 1 aromatic carbocycles. The second kappa shape index (κ2) is 5.74. The fraction of sp³-hybridized carbons (Fsp3) is 0. The Morgan fingerprint density at radius 2 is 1.79 bits per heavy atom. The van der Waals surface area contributed by atoms with Crippen LogP contribution in [0.15, 0.2) is 30.5 Å². The second-order valence-corrected chi connectivity index (χ2v) is 4.71. The molecule has 0 N–H and O–H groups in total. The molecule has 0 saturated heterocycles. The molecule has 0 unspecified atom stereocenters. The molecule has 3 nitrogen and oxygen atoms in total. The number of hydrogen-bond acceptors (Lipinski definition) is 3. The summed E-state index contributed by atoms with van der Waals surface area (Å²) in [7, 11) is 0. The highest BCUT2D eigenvalue weighted by atomic mass is 35.5. The largest absolute Gasteiger partial charge is 0.420 e. The molecule has 0 atom stereocenters. The Hall–Kier alpha value is -1.36. The summed E-state index contributed by atoms with van der Waals surface area (Å²) in [5, 5.41) is 0.477. The fourth-order valence-electron chi connectivity index (χ4n) is 1.31. The maximum Gasteiger partial charge on any atom is 0.343 e. The normalized spacial score (nSPS) is 10.3. The number of benzene rings is 1. The predicted octanol–water partition coefficient (Wildman–Crippen LogP) is 4.40. The molecule has 0 bridgehead atoms.